The molecule has 1 fully saturated rings. The Morgan fingerprint density at radius 3 is 2.74 bits per heavy atom. The third-order valence-corrected chi connectivity index (χ3v) is 6.05. The van der Waals surface area contributed by atoms with Gasteiger partial charge >= 0.3 is 0 Å². The zero-order valence-electron chi connectivity index (χ0n) is 15.5. The zero-order valence-corrected chi connectivity index (χ0v) is 15.5. The summed E-state index contributed by atoms with van der Waals surface area (Å²) in [4.78, 5) is 21.9. The fourth-order valence-corrected chi connectivity index (χ4v) is 4.54. The maximum Gasteiger partial charge on any atom is 0.161 e. The summed E-state index contributed by atoms with van der Waals surface area (Å²) in [6.07, 6.45) is 4.51. The lowest BCUT2D eigenvalue weighted by molar-refractivity contribution is -0.0791. The first kappa shape index (κ1) is 16.5. The number of piperidine rings is 1. The molecule has 1 saturated heterocycles. The van der Waals surface area contributed by atoms with Gasteiger partial charge in [0.1, 0.15) is 11.4 Å². The van der Waals surface area contributed by atoms with Crippen molar-refractivity contribution in [2.75, 3.05) is 24.6 Å². The molecule has 27 heavy (non-hydrogen) atoms. The van der Waals surface area contributed by atoms with Crippen LogP contribution in [0.15, 0.2) is 42.6 Å². The standard InChI is InChI=1S/C22H23N3O2/c1-15(26)16-6-7-20(23-14-16)25-11-9-22(10-12-25)21-18(8-13-27-22)17-4-2-3-5-19(17)24-21/h2-7,14,24H,8-13H2,1H3. The molecule has 2 aliphatic heterocycles. The Balaban J connectivity index is 1.41. The number of ketones is 1. The highest BCUT2D eigenvalue weighted by Crippen LogP contribution is 2.43. The number of aromatic amines is 1. The highest BCUT2D eigenvalue weighted by molar-refractivity contribution is 5.93. The summed E-state index contributed by atoms with van der Waals surface area (Å²) in [5.74, 6) is 0.983. The Morgan fingerprint density at radius 1 is 1.19 bits per heavy atom. The maximum absolute atomic E-state index is 11.5. The van der Waals surface area contributed by atoms with Crippen LogP contribution in [0, 0.1) is 0 Å². The fourth-order valence-electron chi connectivity index (χ4n) is 4.54. The third-order valence-electron chi connectivity index (χ3n) is 6.05. The number of Topliss-reactive ketones (excluding diaryl/α,β-unsaturated/α-hetero) is 1. The number of H-pyrrole nitrogens is 1. The van der Waals surface area contributed by atoms with Gasteiger partial charge in [0.2, 0.25) is 0 Å². The molecule has 2 aliphatic rings. The molecule has 138 valence electrons. The number of aromatic nitrogens is 2. The molecule has 1 spiro atoms. The lowest BCUT2D eigenvalue weighted by atomic mass is 9.83. The first-order valence-corrected chi connectivity index (χ1v) is 9.62. The number of pyridine rings is 1. The first-order chi connectivity index (χ1) is 13.2. The van der Waals surface area contributed by atoms with Crippen LogP contribution in [-0.2, 0) is 16.8 Å². The van der Waals surface area contributed by atoms with Gasteiger partial charge in [-0.25, -0.2) is 4.98 Å². The van der Waals surface area contributed by atoms with Crippen LogP contribution in [-0.4, -0.2) is 35.4 Å². The minimum Gasteiger partial charge on any atom is -0.368 e. The van der Waals surface area contributed by atoms with E-state index in [1.165, 1.54) is 22.2 Å². The molecule has 0 amide bonds. The summed E-state index contributed by atoms with van der Waals surface area (Å²) in [5, 5.41) is 1.33. The molecule has 2 aromatic heterocycles. The third kappa shape index (κ3) is 2.65. The second kappa shape index (κ2) is 6.20. The van der Waals surface area contributed by atoms with Gasteiger partial charge in [0, 0.05) is 35.8 Å². The number of hydrogen-bond donors (Lipinski definition) is 1. The van der Waals surface area contributed by atoms with Crippen LogP contribution in [0.2, 0.25) is 0 Å². The van der Waals surface area contributed by atoms with Crippen LogP contribution in [0.4, 0.5) is 5.82 Å². The number of benzene rings is 1. The van der Waals surface area contributed by atoms with Gasteiger partial charge in [-0.1, -0.05) is 18.2 Å². The van der Waals surface area contributed by atoms with Crippen molar-refractivity contribution < 1.29 is 9.53 Å². The predicted molar refractivity (Wildman–Crippen MR) is 105 cm³/mol. The van der Waals surface area contributed by atoms with E-state index in [4.69, 9.17) is 4.74 Å². The number of rotatable bonds is 2. The molecular formula is C22H23N3O2. The SMILES string of the molecule is CC(=O)c1ccc(N2CCC3(CC2)OCCc2c3[nH]c3ccccc23)nc1. The number of ether oxygens (including phenoxy) is 1. The monoisotopic (exact) mass is 361 g/mol. The number of carbonyl (C=O) groups is 1. The highest BCUT2D eigenvalue weighted by atomic mass is 16.5. The lowest BCUT2D eigenvalue weighted by Gasteiger charge is -2.44. The van der Waals surface area contributed by atoms with Crippen molar-refractivity contribution in [3.63, 3.8) is 0 Å². The van der Waals surface area contributed by atoms with Crippen LogP contribution in [0.3, 0.4) is 0 Å². The van der Waals surface area contributed by atoms with Gasteiger partial charge in [-0.05, 0) is 49.9 Å². The average molecular weight is 361 g/mol. The predicted octanol–water partition coefficient (Wildman–Crippen LogP) is 3.83. The first-order valence-electron chi connectivity index (χ1n) is 9.62. The van der Waals surface area contributed by atoms with Gasteiger partial charge in [-0.2, -0.15) is 0 Å². The molecule has 0 aliphatic carbocycles. The normalized spacial score (nSPS) is 18.6. The molecule has 1 N–H and O–H groups in total. The fraction of sp³-hybridized carbons (Fsp3) is 0.364. The average Bonchev–Trinajstić information content (AvgIpc) is 3.09. The van der Waals surface area contributed by atoms with Gasteiger partial charge in [-0.15, -0.1) is 0 Å². The van der Waals surface area contributed by atoms with Gasteiger partial charge in [-0.3, -0.25) is 4.79 Å². The van der Waals surface area contributed by atoms with Crippen LogP contribution in [0.1, 0.15) is 41.4 Å². The molecule has 5 nitrogen and oxygen atoms in total. The van der Waals surface area contributed by atoms with E-state index in [0.29, 0.717) is 5.56 Å². The quantitative estimate of drug-likeness (QED) is 0.705. The molecule has 5 rings (SSSR count). The molecule has 0 unspecified atom stereocenters. The topological polar surface area (TPSA) is 58.2 Å². The van der Waals surface area contributed by atoms with E-state index in [1.807, 2.05) is 12.1 Å². The molecule has 0 saturated carbocycles. The Kier molecular flexibility index (Phi) is 3.79. The van der Waals surface area contributed by atoms with E-state index >= 15 is 0 Å². The Morgan fingerprint density at radius 2 is 2.00 bits per heavy atom. The number of carbonyl (C=O) groups excluding carboxylic acids is 1. The largest absolute Gasteiger partial charge is 0.368 e. The summed E-state index contributed by atoms with van der Waals surface area (Å²) in [5.41, 5.74) is 4.34. The van der Waals surface area contributed by atoms with Crippen molar-refractivity contribution in [1.29, 1.82) is 0 Å². The number of hydrogen-bond acceptors (Lipinski definition) is 4. The number of para-hydroxylation sites is 1. The number of nitrogens with one attached hydrogen (secondary N) is 1. The number of anilines is 1. The van der Waals surface area contributed by atoms with Crippen LogP contribution in [0.25, 0.3) is 10.9 Å². The van der Waals surface area contributed by atoms with Gasteiger partial charge in [0.25, 0.3) is 0 Å². The van der Waals surface area contributed by atoms with Gasteiger partial charge < -0.3 is 14.6 Å². The molecule has 0 atom stereocenters. The van der Waals surface area contributed by atoms with E-state index in [9.17, 15) is 4.79 Å². The summed E-state index contributed by atoms with van der Waals surface area (Å²) >= 11 is 0. The molecule has 3 aromatic rings. The van der Waals surface area contributed by atoms with Gasteiger partial charge in [0.15, 0.2) is 5.78 Å². The van der Waals surface area contributed by atoms with Crippen LogP contribution >= 0.6 is 0 Å². The second-order valence-corrected chi connectivity index (χ2v) is 7.57. The summed E-state index contributed by atoms with van der Waals surface area (Å²) < 4.78 is 6.37. The van der Waals surface area contributed by atoms with Crippen molar-refractivity contribution in [2.45, 2.75) is 31.8 Å². The molecule has 0 radical (unpaired) electrons. The lowest BCUT2D eigenvalue weighted by Crippen LogP contribution is -2.47. The summed E-state index contributed by atoms with van der Waals surface area (Å²) in [6.45, 7) is 4.13. The Bertz CT molecular complexity index is 998. The molecular weight excluding hydrogens is 338 g/mol. The minimum atomic E-state index is -0.220. The van der Waals surface area contributed by atoms with E-state index < -0.39 is 0 Å². The maximum atomic E-state index is 11.5. The smallest absolute Gasteiger partial charge is 0.161 e. The van der Waals surface area contributed by atoms with Crippen molar-refractivity contribution in [2.24, 2.45) is 0 Å². The van der Waals surface area contributed by atoms with Crippen molar-refractivity contribution in [1.82, 2.24) is 9.97 Å². The van der Waals surface area contributed by atoms with E-state index in [1.54, 1.807) is 13.1 Å². The van der Waals surface area contributed by atoms with E-state index in [-0.39, 0.29) is 11.4 Å². The number of fused-ring (bicyclic) bond motifs is 4. The van der Waals surface area contributed by atoms with Crippen LogP contribution in [0.5, 0.6) is 0 Å². The molecule has 5 heteroatoms. The van der Waals surface area contributed by atoms with Gasteiger partial charge in [0.05, 0.1) is 12.3 Å². The molecule has 0 bridgehead atoms. The van der Waals surface area contributed by atoms with Crippen molar-refractivity contribution in [3.05, 3.63) is 59.4 Å². The Hall–Kier alpha value is -2.66. The van der Waals surface area contributed by atoms with Crippen LogP contribution < -0.4 is 4.90 Å². The highest BCUT2D eigenvalue weighted by Gasteiger charge is 2.42. The zero-order chi connectivity index (χ0) is 18.4. The van der Waals surface area contributed by atoms with Crippen molar-refractivity contribution in [3.8, 4) is 0 Å². The second-order valence-electron chi connectivity index (χ2n) is 7.57. The van der Waals surface area contributed by atoms with E-state index in [0.717, 1.165) is 44.8 Å². The number of nitrogens with zero attached hydrogens (tertiary/aromatic N) is 2. The summed E-state index contributed by atoms with van der Waals surface area (Å²) in [7, 11) is 0. The Labute approximate surface area is 158 Å². The molecule has 1 aromatic carbocycles. The van der Waals surface area contributed by atoms with Crippen molar-refractivity contribution >= 4 is 22.5 Å². The summed E-state index contributed by atoms with van der Waals surface area (Å²) in [6, 6.07) is 12.4. The van der Waals surface area contributed by atoms with E-state index in [2.05, 4.69) is 39.1 Å². The molecule has 4 heterocycles. The minimum absolute atomic E-state index is 0.0496.